The largest absolute Gasteiger partial charge is 0.497 e. The minimum absolute atomic E-state index is 0.0355. The van der Waals surface area contributed by atoms with Crippen molar-refractivity contribution in [1.82, 2.24) is 10.2 Å². The number of fused-ring (bicyclic) bond motifs is 2. The summed E-state index contributed by atoms with van der Waals surface area (Å²) in [7, 11) is 3.21. The number of ether oxygens (including phenoxy) is 2. The molecular weight excluding hydrogens is 595 g/mol. The van der Waals surface area contributed by atoms with Crippen molar-refractivity contribution in [2.24, 2.45) is 17.6 Å². The summed E-state index contributed by atoms with van der Waals surface area (Å²) in [6.45, 7) is 0.443. The number of benzene rings is 2. The Morgan fingerprint density at radius 2 is 1.89 bits per heavy atom. The molecule has 2 aromatic carbocycles. The van der Waals surface area contributed by atoms with Crippen molar-refractivity contribution in [2.75, 3.05) is 20.8 Å². The monoisotopic (exact) mass is 631 g/mol. The molecule has 0 radical (unpaired) electrons. The summed E-state index contributed by atoms with van der Waals surface area (Å²) in [5.74, 6) is 3.50. The molecule has 1 saturated heterocycles. The van der Waals surface area contributed by atoms with Gasteiger partial charge < -0.3 is 24.9 Å². The van der Waals surface area contributed by atoms with Gasteiger partial charge in [-0.1, -0.05) is 60.7 Å². The van der Waals surface area contributed by atoms with E-state index in [-0.39, 0.29) is 17.9 Å². The van der Waals surface area contributed by atoms with Crippen LogP contribution in [-0.2, 0) is 16.0 Å². The molecule has 3 aromatic rings. The number of thiocarbonyl (C=S) groups is 1. The smallest absolute Gasteiger partial charge is 0.266 e. The van der Waals surface area contributed by atoms with E-state index in [0.717, 1.165) is 23.1 Å². The number of nitrogens with two attached hydrogens (primary N) is 1. The summed E-state index contributed by atoms with van der Waals surface area (Å²) >= 11 is 7.07. The van der Waals surface area contributed by atoms with E-state index < -0.39 is 6.04 Å². The molecule has 2 saturated carbocycles. The quantitative estimate of drug-likeness (QED) is 0.149. The predicted molar refractivity (Wildman–Crippen MR) is 176 cm³/mol. The number of methoxy groups -OCH3 is 2. The second-order valence-electron chi connectivity index (χ2n) is 11.7. The van der Waals surface area contributed by atoms with Gasteiger partial charge in [0.05, 0.1) is 19.1 Å². The number of thioether (sulfide) groups is 1. The second-order valence-corrected chi connectivity index (χ2v) is 13.4. The fourth-order valence-electron chi connectivity index (χ4n) is 6.68. The zero-order chi connectivity index (χ0) is 30.8. The van der Waals surface area contributed by atoms with Crippen molar-refractivity contribution in [1.29, 1.82) is 0 Å². The predicted octanol–water partition coefficient (Wildman–Crippen LogP) is 6.10. The Kier molecular flexibility index (Phi) is 9.11. The molecular formula is C34H37N3O5S2. The summed E-state index contributed by atoms with van der Waals surface area (Å²) in [4.78, 5) is 28.8. The summed E-state index contributed by atoms with van der Waals surface area (Å²) in [5.41, 5.74) is 8.64. The molecule has 6 rings (SSSR count). The molecule has 2 amide bonds. The van der Waals surface area contributed by atoms with Gasteiger partial charge in [0.2, 0.25) is 5.91 Å². The van der Waals surface area contributed by atoms with Crippen LogP contribution >= 0.6 is 24.0 Å². The number of carbonyl (C=O) groups is 2. The van der Waals surface area contributed by atoms with E-state index in [9.17, 15) is 9.59 Å². The Morgan fingerprint density at radius 3 is 2.55 bits per heavy atom. The highest BCUT2D eigenvalue weighted by atomic mass is 32.2. The molecule has 1 aliphatic heterocycles. The number of nitrogens with zero attached hydrogens (tertiary/aromatic N) is 1. The first-order chi connectivity index (χ1) is 21.3. The normalized spacial score (nSPS) is 22.6. The molecule has 2 bridgehead atoms. The Labute approximate surface area is 267 Å². The maximum Gasteiger partial charge on any atom is 0.266 e. The van der Waals surface area contributed by atoms with E-state index >= 15 is 0 Å². The summed E-state index contributed by atoms with van der Waals surface area (Å²) < 4.78 is 18.0. The Hall–Kier alpha value is -3.60. The highest BCUT2D eigenvalue weighted by Gasteiger charge is 2.48. The van der Waals surface area contributed by atoms with E-state index in [4.69, 9.17) is 31.8 Å². The van der Waals surface area contributed by atoms with Gasteiger partial charge >= 0.3 is 0 Å². The van der Waals surface area contributed by atoms with Gasteiger partial charge in [0, 0.05) is 30.3 Å². The van der Waals surface area contributed by atoms with Gasteiger partial charge in [-0.05, 0) is 73.3 Å². The Morgan fingerprint density at radius 1 is 1.14 bits per heavy atom. The molecule has 230 valence electrons. The van der Waals surface area contributed by atoms with Crippen molar-refractivity contribution in [3.05, 3.63) is 76.4 Å². The Balaban J connectivity index is 1.22. The highest BCUT2D eigenvalue weighted by molar-refractivity contribution is 8.26. The first-order valence-corrected chi connectivity index (χ1v) is 16.3. The fraction of sp³-hybridized carbons (Fsp3) is 0.382. The van der Waals surface area contributed by atoms with Crippen LogP contribution in [0.5, 0.6) is 11.5 Å². The van der Waals surface area contributed by atoms with Gasteiger partial charge in [-0.25, -0.2) is 0 Å². The lowest BCUT2D eigenvalue weighted by atomic mass is 9.94. The Bertz CT molecular complexity index is 1560. The number of hydrogen-bond donors (Lipinski definition) is 2. The number of nitrogens with one attached hydrogen (secondary N) is 1. The third-order valence-electron chi connectivity index (χ3n) is 8.96. The van der Waals surface area contributed by atoms with E-state index in [1.54, 1.807) is 20.3 Å². The molecule has 8 nitrogen and oxygen atoms in total. The van der Waals surface area contributed by atoms with E-state index in [1.165, 1.54) is 31.0 Å². The minimum atomic E-state index is -0.729. The maximum atomic E-state index is 13.7. The number of amides is 2. The number of hydrogen-bond acceptors (Lipinski definition) is 8. The standard InChI is InChI=1S/C34H37N3O5S2/c1-40-25-15-24(16-26(18-25)41-2)28-17-23(9-6-12-36-32(38)31(35)21-7-4-3-5-8-21)29(42-28)19-30-33(39)37(34(43)44-30)27-14-20-10-11-22(27)13-20/h3-5,7-8,15-20,22,27,31H,6,9-14,35H2,1-2H3,(H,36,38)/b30-19-/t20?,22?,27?,31-/m0/s1. The van der Waals surface area contributed by atoms with E-state index in [2.05, 4.69) is 5.32 Å². The van der Waals surface area contributed by atoms with Crippen LogP contribution in [0.15, 0.2) is 63.9 Å². The molecule has 3 aliphatic rings. The first-order valence-electron chi connectivity index (χ1n) is 15.1. The van der Waals surface area contributed by atoms with Crippen LogP contribution in [0, 0.1) is 11.8 Å². The maximum absolute atomic E-state index is 13.7. The lowest BCUT2D eigenvalue weighted by molar-refractivity contribution is -0.124. The fourth-order valence-corrected chi connectivity index (χ4v) is 8.02. The number of rotatable bonds is 11. The zero-order valence-corrected chi connectivity index (χ0v) is 26.5. The molecule has 10 heteroatoms. The van der Waals surface area contributed by atoms with Crippen molar-refractivity contribution < 1.29 is 23.5 Å². The van der Waals surface area contributed by atoms with Crippen LogP contribution in [0.4, 0.5) is 0 Å². The first kappa shape index (κ1) is 30.4. The van der Waals surface area contributed by atoms with Crippen molar-refractivity contribution >= 4 is 46.2 Å². The second kappa shape index (κ2) is 13.2. The molecule has 0 spiro atoms. The van der Waals surface area contributed by atoms with Gasteiger partial charge in [-0.15, -0.1) is 0 Å². The number of carbonyl (C=O) groups excluding carboxylic acids is 2. The summed E-state index contributed by atoms with van der Waals surface area (Å²) in [6, 6.07) is 16.3. The summed E-state index contributed by atoms with van der Waals surface area (Å²) in [5, 5.41) is 2.95. The van der Waals surface area contributed by atoms with Crippen molar-refractivity contribution in [3.8, 4) is 22.8 Å². The van der Waals surface area contributed by atoms with Crippen LogP contribution < -0.4 is 20.5 Å². The van der Waals surface area contributed by atoms with Gasteiger partial charge in [0.25, 0.3) is 5.91 Å². The molecule has 2 heterocycles. The molecule has 3 unspecified atom stereocenters. The van der Waals surface area contributed by atoms with Crippen LogP contribution in [-0.4, -0.2) is 47.8 Å². The van der Waals surface area contributed by atoms with Crippen LogP contribution in [0.1, 0.15) is 55.0 Å². The molecule has 4 atom stereocenters. The zero-order valence-electron chi connectivity index (χ0n) is 24.9. The van der Waals surface area contributed by atoms with Gasteiger partial charge in [0.15, 0.2) is 0 Å². The SMILES string of the molecule is COc1cc(OC)cc(-c2cc(CCCNC(=O)[C@@H](N)c3ccccc3)c(/C=C3\SC(=S)N(C4CC5CCC4C5)C3=O)o2)c1. The van der Waals surface area contributed by atoms with Crippen molar-refractivity contribution in [2.45, 2.75) is 50.6 Å². The third kappa shape index (κ3) is 6.29. The molecule has 1 aromatic heterocycles. The van der Waals surface area contributed by atoms with Crippen LogP contribution in [0.2, 0.25) is 0 Å². The number of aryl methyl sites for hydroxylation is 1. The van der Waals surface area contributed by atoms with E-state index in [0.29, 0.717) is 63.5 Å². The van der Waals surface area contributed by atoms with Gasteiger partial charge in [-0.3, -0.25) is 14.5 Å². The van der Waals surface area contributed by atoms with Crippen LogP contribution in [0.3, 0.4) is 0 Å². The molecule has 2 aliphatic carbocycles. The third-order valence-corrected chi connectivity index (χ3v) is 10.3. The highest BCUT2D eigenvalue weighted by Crippen LogP contribution is 2.49. The number of furan rings is 1. The molecule has 3 N–H and O–H groups in total. The lowest BCUT2D eigenvalue weighted by Gasteiger charge is -2.30. The van der Waals surface area contributed by atoms with E-state index in [1.807, 2.05) is 59.5 Å². The molecule has 3 fully saturated rings. The lowest BCUT2D eigenvalue weighted by Crippen LogP contribution is -2.41. The van der Waals surface area contributed by atoms with Crippen LogP contribution in [0.25, 0.3) is 17.4 Å². The van der Waals surface area contributed by atoms with Crippen molar-refractivity contribution in [3.63, 3.8) is 0 Å². The minimum Gasteiger partial charge on any atom is -0.497 e. The van der Waals surface area contributed by atoms with Gasteiger partial charge in [0.1, 0.15) is 33.4 Å². The van der Waals surface area contributed by atoms with Gasteiger partial charge in [-0.2, -0.15) is 0 Å². The topological polar surface area (TPSA) is 107 Å². The molecule has 44 heavy (non-hydrogen) atoms. The average Bonchev–Trinajstić information content (AvgIpc) is 3.83. The summed E-state index contributed by atoms with van der Waals surface area (Å²) in [6.07, 6.45) is 7.77. The average molecular weight is 632 g/mol.